The number of hydrogen-bond acceptors (Lipinski definition) is 11. The lowest BCUT2D eigenvalue weighted by Crippen LogP contribution is -2.68. The van der Waals surface area contributed by atoms with E-state index in [-0.39, 0.29) is 23.8 Å². The summed E-state index contributed by atoms with van der Waals surface area (Å²) in [7, 11) is 0. The van der Waals surface area contributed by atoms with Crippen LogP contribution in [0.15, 0.2) is 0 Å². The van der Waals surface area contributed by atoms with Crippen molar-refractivity contribution in [3.05, 3.63) is 0 Å². The maximum absolute atomic E-state index is 13.4. The van der Waals surface area contributed by atoms with E-state index in [1.165, 1.54) is 0 Å². The molecule has 2 fully saturated rings. The van der Waals surface area contributed by atoms with Crippen molar-refractivity contribution in [2.24, 2.45) is 27.4 Å². The van der Waals surface area contributed by atoms with Gasteiger partial charge in [0, 0.05) is 12.1 Å². The van der Waals surface area contributed by atoms with Crippen LogP contribution in [-0.4, -0.2) is 78.3 Å². The highest BCUT2D eigenvalue weighted by Gasteiger charge is 2.55. The second-order valence-electron chi connectivity index (χ2n) is 16.5. The van der Waals surface area contributed by atoms with Gasteiger partial charge in [0.2, 0.25) is 0 Å². The number of ether oxygens (including phenoxy) is 5. The van der Waals surface area contributed by atoms with Crippen molar-refractivity contribution in [3.63, 3.8) is 0 Å². The lowest BCUT2D eigenvalue weighted by molar-refractivity contribution is -0.262. The van der Waals surface area contributed by atoms with E-state index in [9.17, 15) is 19.2 Å². The molecule has 0 bridgehead atoms. The Morgan fingerprint density at radius 3 is 1.57 bits per heavy atom. The summed E-state index contributed by atoms with van der Waals surface area (Å²) < 4.78 is 30.1. The number of rotatable bonds is 7. The van der Waals surface area contributed by atoms with Crippen molar-refractivity contribution < 1.29 is 42.9 Å². The van der Waals surface area contributed by atoms with Crippen LogP contribution in [0.3, 0.4) is 0 Å². The van der Waals surface area contributed by atoms with E-state index in [4.69, 9.17) is 41.6 Å². The Bertz CT molecular complexity index is 1120. The van der Waals surface area contributed by atoms with Crippen LogP contribution in [0.1, 0.15) is 109 Å². The zero-order chi connectivity index (χ0) is 35.4. The molecule has 1 heterocycles. The van der Waals surface area contributed by atoms with Crippen molar-refractivity contribution in [3.8, 4) is 0 Å². The van der Waals surface area contributed by atoms with Crippen LogP contribution in [0.4, 0.5) is 0 Å². The third-order valence-corrected chi connectivity index (χ3v) is 7.84. The zero-order valence-electron chi connectivity index (χ0n) is 29.7. The predicted octanol–water partition coefficient (Wildman–Crippen LogP) is 3.91. The van der Waals surface area contributed by atoms with E-state index in [2.05, 4.69) is 10.6 Å². The maximum Gasteiger partial charge on any atom is 0.311 e. The molecule has 0 aromatic heterocycles. The first kappa shape index (κ1) is 39.7. The minimum Gasteiger partial charge on any atom is -0.462 e. The molecule has 4 N–H and O–H groups in total. The summed E-state index contributed by atoms with van der Waals surface area (Å²) in [6.07, 6.45) is -2.68. The molecule has 2 aliphatic rings. The van der Waals surface area contributed by atoms with E-state index in [0.29, 0.717) is 0 Å². The maximum atomic E-state index is 13.4. The van der Waals surface area contributed by atoms with Gasteiger partial charge < -0.3 is 40.1 Å². The first-order valence-electron chi connectivity index (χ1n) is 16.1. The van der Waals surface area contributed by atoms with Gasteiger partial charge in [-0.2, -0.15) is 0 Å². The molecule has 0 amide bonds. The zero-order valence-corrected chi connectivity index (χ0v) is 30.6. The van der Waals surface area contributed by atoms with Crippen LogP contribution in [-0.2, 0) is 42.9 Å². The van der Waals surface area contributed by atoms with Gasteiger partial charge >= 0.3 is 23.9 Å². The standard InChI is InChI=1S/C33H57N3O9S/c1-30(2,3)25(37)41-17-20-21(43-26(38)31(4,5)6)22(44-27(39)32(7,8)9)23(45-28(40)33(10,11)12)24(42-20)36-29(46)35-19-16-14-13-15-18(19)34/h18-24H,13-17,34H2,1-12H3,(H2,35,36,46)/t18-,19-,20-,21-,22+,23-,24-/m1/s1. The van der Waals surface area contributed by atoms with E-state index in [1.54, 1.807) is 83.1 Å². The molecular weight excluding hydrogens is 614 g/mol. The number of esters is 4. The van der Waals surface area contributed by atoms with Crippen LogP contribution in [0.2, 0.25) is 0 Å². The monoisotopic (exact) mass is 671 g/mol. The first-order valence-corrected chi connectivity index (χ1v) is 16.5. The summed E-state index contributed by atoms with van der Waals surface area (Å²) >= 11 is 5.66. The van der Waals surface area contributed by atoms with Crippen molar-refractivity contribution in [2.75, 3.05) is 6.61 Å². The largest absolute Gasteiger partial charge is 0.462 e. The second kappa shape index (κ2) is 15.1. The number of carbonyl (C=O) groups is 4. The van der Waals surface area contributed by atoms with E-state index in [1.807, 2.05) is 0 Å². The van der Waals surface area contributed by atoms with Crippen LogP contribution in [0.5, 0.6) is 0 Å². The Morgan fingerprint density at radius 2 is 1.11 bits per heavy atom. The van der Waals surface area contributed by atoms with Crippen LogP contribution < -0.4 is 16.4 Å². The molecule has 13 heteroatoms. The summed E-state index contributed by atoms with van der Waals surface area (Å²) in [4.78, 5) is 52.9. The molecule has 1 aliphatic carbocycles. The van der Waals surface area contributed by atoms with Gasteiger partial charge in [0.05, 0.1) is 21.7 Å². The summed E-state index contributed by atoms with van der Waals surface area (Å²) in [6, 6.07) is -0.201. The Balaban J connectivity index is 2.63. The summed E-state index contributed by atoms with van der Waals surface area (Å²) in [5.74, 6) is -2.39. The highest BCUT2D eigenvalue weighted by Crippen LogP contribution is 2.33. The normalized spacial score (nSPS) is 27.5. The van der Waals surface area contributed by atoms with Crippen LogP contribution >= 0.6 is 12.2 Å². The summed E-state index contributed by atoms with van der Waals surface area (Å²) in [6.45, 7) is 19.8. The van der Waals surface area contributed by atoms with Gasteiger partial charge in [-0.15, -0.1) is 0 Å². The van der Waals surface area contributed by atoms with Gasteiger partial charge in [0.15, 0.2) is 29.7 Å². The molecule has 12 nitrogen and oxygen atoms in total. The fourth-order valence-electron chi connectivity index (χ4n) is 4.52. The summed E-state index contributed by atoms with van der Waals surface area (Å²) in [5, 5.41) is 6.51. The predicted molar refractivity (Wildman–Crippen MR) is 176 cm³/mol. The van der Waals surface area contributed by atoms with E-state index >= 15 is 0 Å². The van der Waals surface area contributed by atoms with Crippen LogP contribution in [0.25, 0.3) is 0 Å². The van der Waals surface area contributed by atoms with Crippen molar-refractivity contribution in [1.29, 1.82) is 0 Å². The number of carbonyl (C=O) groups excluding carboxylic acids is 4. The Hall–Kier alpha value is -2.51. The smallest absolute Gasteiger partial charge is 0.311 e. The van der Waals surface area contributed by atoms with Gasteiger partial charge in [-0.05, 0) is 108 Å². The van der Waals surface area contributed by atoms with Gasteiger partial charge in [0.1, 0.15) is 12.7 Å². The Morgan fingerprint density at radius 1 is 0.674 bits per heavy atom. The molecule has 0 spiro atoms. The molecule has 7 atom stereocenters. The Kier molecular flexibility index (Phi) is 13.1. The third-order valence-electron chi connectivity index (χ3n) is 7.60. The molecule has 264 valence electrons. The molecule has 0 unspecified atom stereocenters. The van der Waals surface area contributed by atoms with Crippen molar-refractivity contribution in [2.45, 2.75) is 151 Å². The molecule has 0 radical (unpaired) electrons. The lowest BCUT2D eigenvalue weighted by atomic mass is 9.91. The fraction of sp³-hybridized carbons (Fsp3) is 0.848. The third kappa shape index (κ3) is 11.3. The average molecular weight is 672 g/mol. The quantitative estimate of drug-likeness (QED) is 0.203. The molecule has 1 saturated carbocycles. The van der Waals surface area contributed by atoms with Gasteiger partial charge in [-0.3, -0.25) is 19.2 Å². The minimum atomic E-state index is -1.37. The Labute approximate surface area is 279 Å². The van der Waals surface area contributed by atoms with E-state index < -0.39 is 76.2 Å². The van der Waals surface area contributed by atoms with Gasteiger partial charge in [-0.1, -0.05) is 12.8 Å². The molecule has 0 aromatic carbocycles. The highest BCUT2D eigenvalue weighted by molar-refractivity contribution is 7.80. The number of nitrogens with two attached hydrogens (primary N) is 1. The highest BCUT2D eigenvalue weighted by atomic mass is 32.1. The number of nitrogens with one attached hydrogen (secondary N) is 2. The van der Waals surface area contributed by atoms with Crippen molar-refractivity contribution in [1.82, 2.24) is 10.6 Å². The fourth-order valence-corrected chi connectivity index (χ4v) is 4.79. The molecule has 0 aromatic rings. The molecular formula is C33H57N3O9S. The molecule has 1 saturated heterocycles. The minimum absolute atomic E-state index is 0.0912. The molecule has 2 rings (SSSR count). The molecule has 1 aliphatic heterocycles. The lowest BCUT2D eigenvalue weighted by Gasteiger charge is -2.46. The van der Waals surface area contributed by atoms with Gasteiger partial charge in [0.25, 0.3) is 0 Å². The van der Waals surface area contributed by atoms with E-state index in [0.717, 1.165) is 25.7 Å². The number of hydrogen-bond donors (Lipinski definition) is 3. The first-order chi connectivity index (χ1) is 20.8. The second-order valence-corrected chi connectivity index (χ2v) is 16.9. The summed E-state index contributed by atoms with van der Waals surface area (Å²) in [5.41, 5.74) is 2.62. The van der Waals surface area contributed by atoms with Crippen molar-refractivity contribution >= 4 is 41.2 Å². The number of thiocarbonyl (C=S) groups is 1. The van der Waals surface area contributed by atoms with Gasteiger partial charge in [-0.25, -0.2) is 0 Å². The topological polar surface area (TPSA) is 165 Å². The SMILES string of the molecule is CC(C)(C)C(=O)OC[C@H]1O[C@@H](NC(=S)N[C@@H]2CCCC[C@H]2N)[C@H](OC(=O)C(C)(C)C)[C@@H](OC(=O)C(C)(C)C)[C@@H]1OC(=O)C(C)(C)C. The average Bonchev–Trinajstić information content (AvgIpc) is 2.89. The van der Waals surface area contributed by atoms with Crippen LogP contribution in [0, 0.1) is 21.7 Å². The molecule has 46 heavy (non-hydrogen) atoms.